The van der Waals surface area contributed by atoms with Crippen LogP contribution in [-0.2, 0) is 10.0 Å². The first-order chi connectivity index (χ1) is 9.05. The van der Waals surface area contributed by atoms with Crippen molar-refractivity contribution < 1.29 is 13.5 Å². The Morgan fingerprint density at radius 2 is 2.00 bits per heavy atom. The molecule has 1 aromatic carbocycles. The van der Waals surface area contributed by atoms with E-state index >= 15 is 0 Å². The van der Waals surface area contributed by atoms with Gasteiger partial charge >= 0.3 is 0 Å². The molecular formula is C11H12BrN3O3S. The first-order valence-corrected chi connectivity index (χ1v) is 7.67. The zero-order valence-electron chi connectivity index (χ0n) is 9.82. The first kappa shape index (κ1) is 14.0. The van der Waals surface area contributed by atoms with E-state index in [4.69, 9.17) is 5.11 Å². The van der Waals surface area contributed by atoms with Gasteiger partial charge in [-0.3, -0.25) is 9.40 Å². The number of aromatic amines is 1. The van der Waals surface area contributed by atoms with Crippen molar-refractivity contribution in [1.29, 1.82) is 0 Å². The van der Waals surface area contributed by atoms with Crippen LogP contribution in [0.15, 0.2) is 46.0 Å². The van der Waals surface area contributed by atoms with Crippen molar-refractivity contribution in [2.75, 3.05) is 17.5 Å². The van der Waals surface area contributed by atoms with Crippen molar-refractivity contribution in [1.82, 2.24) is 10.2 Å². The number of H-pyrrole nitrogens is 1. The van der Waals surface area contributed by atoms with E-state index in [2.05, 4.69) is 26.1 Å². The summed E-state index contributed by atoms with van der Waals surface area (Å²) in [5, 5.41) is 15.2. The van der Waals surface area contributed by atoms with Crippen LogP contribution in [0.5, 0.6) is 0 Å². The SMILES string of the molecule is O=S(=O)(c1cn[nH]c1)N(CCO)c1ccc(Br)cc1. The summed E-state index contributed by atoms with van der Waals surface area (Å²) in [7, 11) is -3.72. The quantitative estimate of drug-likeness (QED) is 0.856. The van der Waals surface area contributed by atoms with Crippen LogP contribution >= 0.6 is 15.9 Å². The fraction of sp³-hybridized carbons (Fsp3) is 0.182. The molecule has 1 aromatic heterocycles. The second-order valence-corrected chi connectivity index (χ2v) is 6.49. The molecule has 0 atom stereocenters. The Morgan fingerprint density at radius 1 is 1.32 bits per heavy atom. The zero-order chi connectivity index (χ0) is 13.9. The number of sulfonamides is 1. The van der Waals surface area contributed by atoms with Crippen LogP contribution in [0.3, 0.4) is 0 Å². The summed E-state index contributed by atoms with van der Waals surface area (Å²) in [5.41, 5.74) is 0.485. The summed E-state index contributed by atoms with van der Waals surface area (Å²) < 4.78 is 26.8. The molecule has 2 N–H and O–H groups in total. The lowest BCUT2D eigenvalue weighted by Crippen LogP contribution is -2.33. The topological polar surface area (TPSA) is 86.3 Å². The van der Waals surface area contributed by atoms with Crippen LogP contribution in [-0.4, -0.2) is 36.9 Å². The van der Waals surface area contributed by atoms with Crippen molar-refractivity contribution in [2.24, 2.45) is 0 Å². The van der Waals surface area contributed by atoms with Gasteiger partial charge in [-0.2, -0.15) is 5.10 Å². The van der Waals surface area contributed by atoms with E-state index in [1.54, 1.807) is 24.3 Å². The first-order valence-electron chi connectivity index (χ1n) is 5.43. The highest BCUT2D eigenvalue weighted by atomic mass is 79.9. The standard InChI is InChI=1S/C11H12BrN3O3S/c12-9-1-3-10(4-2-9)15(5-6-16)19(17,18)11-7-13-14-8-11/h1-4,7-8,16H,5-6H2,(H,13,14). The molecule has 6 nitrogen and oxygen atoms in total. The summed E-state index contributed by atoms with van der Waals surface area (Å²) in [4.78, 5) is 0.0591. The van der Waals surface area contributed by atoms with E-state index in [0.29, 0.717) is 5.69 Å². The Kier molecular flexibility index (Phi) is 4.23. The number of anilines is 1. The van der Waals surface area contributed by atoms with Crippen LogP contribution < -0.4 is 4.31 Å². The third-order valence-electron chi connectivity index (χ3n) is 2.48. The van der Waals surface area contributed by atoms with E-state index < -0.39 is 10.0 Å². The molecule has 0 saturated carbocycles. The van der Waals surface area contributed by atoms with Gasteiger partial charge in [-0.05, 0) is 24.3 Å². The number of hydrogen-bond donors (Lipinski definition) is 2. The van der Waals surface area contributed by atoms with Crippen LogP contribution in [0.4, 0.5) is 5.69 Å². The molecule has 1 heterocycles. The zero-order valence-corrected chi connectivity index (χ0v) is 12.2. The average molecular weight is 346 g/mol. The number of aliphatic hydroxyl groups is 1. The normalized spacial score (nSPS) is 11.5. The number of aromatic nitrogens is 2. The summed E-state index contributed by atoms with van der Waals surface area (Å²) >= 11 is 3.29. The fourth-order valence-electron chi connectivity index (χ4n) is 1.59. The lowest BCUT2D eigenvalue weighted by Gasteiger charge is -2.22. The minimum atomic E-state index is -3.72. The van der Waals surface area contributed by atoms with E-state index in [1.165, 1.54) is 12.4 Å². The van der Waals surface area contributed by atoms with Crippen molar-refractivity contribution in [3.05, 3.63) is 41.1 Å². The van der Waals surface area contributed by atoms with Gasteiger partial charge in [0.25, 0.3) is 10.0 Å². The molecule has 0 spiro atoms. The highest BCUT2D eigenvalue weighted by Crippen LogP contribution is 2.24. The van der Waals surface area contributed by atoms with Gasteiger partial charge in [0, 0.05) is 10.7 Å². The number of rotatable bonds is 5. The Labute approximate surface area is 119 Å². The van der Waals surface area contributed by atoms with Crippen LogP contribution in [0.25, 0.3) is 0 Å². The Bertz CT molecular complexity index is 626. The van der Waals surface area contributed by atoms with Gasteiger partial charge in [0.15, 0.2) is 0 Å². The summed E-state index contributed by atoms with van der Waals surface area (Å²) in [6.07, 6.45) is 2.54. The predicted octanol–water partition coefficient (Wildman–Crippen LogP) is 1.36. The molecule has 0 saturated heterocycles. The van der Waals surface area contributed by atoms with Crippen molar-refractivity contribution in [3.63, 3.8) is 0 Å². The number of halogens is 1. The molecule has 0 amide bonds. The molecule has 0 radical (unpaired) electrons. The molecule has 0 aliphatic rings. The van der Waals surface area contributed by atoms with Crippen LogP contribution in [0.1, 0.15) is 0 Å². The highest BCUT2D eigenvalue weighted by Gasteiger charge is 2.25. The van der Waals surface area contributed by atoms with Gasteiger partial charge in [0.1, 0.15) is 4.90 Å². The molecule has 0 fully saturated rings. The Balaban J connectivity index is 2.43. The number of nitrogens with zero attached hydrogens (tertiary/aromatic N) is 2. The molecule has 2 aromatic rings. The summed E-state index contributed by atoms with van der Waals surface area (Å²) in [5.74, 6) is 0. The smallest absolute Gasteiger partial charge is 0.267 e. The maximum Gasteiger partial charge on any atom is 0.267 e. The van der Waals surface area contributed by atoms with Gasteiger partial charge in [-0.25, -0.2) is 8.42 Å². The predicted molar refractivity (Wildman–Crippen MR) is 74.3 cm³/mol. The highest BCUT2D eigenvalue weighted by molar-refractivity contribution is 9.10. The lowest BCUT2D eigenvalue weighted by molar-refractivity contribution is 0.306. The minimum Gasteiger partial charge on any atom is -0.394 e. The van der Waals surface area contributed by atoms with Gasteiger partial charge in [-0.1, -0.05) is 15.9 Å². The largest absolute Gasteiger partial charge is 0.394 e. The molecular weight excluding hydrogens is 334 g/mol. The summed E-state index contributed by atoms with van der Waals surface area (Å²) in [6, 6.07) is 6.81. The van der Waals surface area contributed by atoms with Gasteiger partial charge in [-0.15, -0.1) is 0 Å². The van der Waals surface area contributed by atoms with E-state index in [0.717, 1.165) is 8.78 Å². The molecule has 19 heavy (non-hydrogen) atoms. The van der Waals surface area contributed by atoms with E-state index in [-0.39, 0.29) is 18.0 Å². The van der Waals surface area contributed by atoms with Crippen molar-refractivity contribution in [2.45, 2.75) is 4.90 Å². The second-order valence-electron chi connectivity index (χ2n) is 3.71. The molecule has 0 aliphatic carbocycles. The number of hydrogen-bond acceptors (Lipinski definition) is 4. The van der Waals surface area contributed by atoms with Crippen LogP contribution in [0, 0.1) is 0 Å². The fourth-order valence-corrected chi connectivity index (χ4v) is 3.22. The lowest BCUT2D eigenvalue weighted by atomic mass is 10.3. The summed E-state index contributed by atoms with van der Waals surface area (Å²) in [6.45, 7) is -0.289. The average Bonchev–Trinajstić information content (AvgIpc) is 2.92. The molecule has 8 heteroatoms. The van der Waals surface area contributed by atoms with Crippen LogP contribution in [0.2, 0.25) is 0 Å². The molecule has 0 aliphatic heterocycles. The maximum atomic E-state index is 12.4. The van der Waals surface area contributed by atoms with E-state index in [9.17, 15) is 8.42 Å². The Hall–Kier alpha value is -1.38. The van der Waals surface area contributed by atoms with Gasteiger partial charge < -0.3 is 5.11 Å². The molecule has 102 valence electrons. The second kappa shape index (κ2) is 5.72. The number of nitrogens with one attached hydrogen (secondary N) is 1. The van der Waals surface area contributed by atoms with Gasteiger partial charge in [0.2, 0.25) is 0 Å². The maximum absolute atomic E-state index is 12.4. The molecule has 2 rings (SSSR count). The number of benzene rings is 1. The third-order valence-corrected chi connectivity index (χ3v) is 4.80. The molecule has 0 bridgehead atoms. The van der Waals surface area contributed by atoms with Crippen molar-refractivity contribution in [3.8, 4) is 0 Å². The minimum absolute atomic E-state index is 0.0187. The van der Waals surface area contributed by atoms with Gasteiger partial charge in [0.05, 0.1) is 25.0 Å². The Morgan fingerprint density at radius 3 is 2.53 bits per heavy atom. The third kappa shape index (κ3) is 2.96. The molecule has 0 unspecified atom stereocenters. The van der Waals surface area contributed by atoms with E-state index in [1.807, 2.05) is 0 Å². The monoisotopic (exact) mass is 345 g/mol. The van der Waals surface area contributed by atoms with Crippen molar-refractivity contribution >= 4 is 31.6 Å². The number of aliphatic hydroxyl groups excluding tert-OH is 1.